The van der Waals surface area contributed by atoms with E-state index in [4.69, 9.17) is 5.11 Å². The van der Waals surface area contributed by atoms with Crippen molar-refractivity contribution < 1.29 is 18.9 Å². The molecule has 1 rings (SSSR count). The van der Waals surface area contributed by atoms with Crippen molar-refractivity contribution in [3.63, 3.8) is 0 Å². The van der Waals surface area contributed by atoms with Gasteiger partial charge >= 0.3 is 5.97 Å². The number of carbonyl (C=O) groups is 2. The van der Waals surface area contributed by atoms with Gasteiger partial charge in [0.2, 0.25) is 5.91 Å². The van der Waals surface area contributed by atoms with Crippen LogP contribution in [0.2, 0.25) is 0 Å². The zero-order valence-corrected chi connectivity index (χ0v) is 10.3. The third-order valence-electron chi connectivity index (χ3n) is 1.92. The predicted molar refractivity (Wildman–Crippen MR) is 63.6 cm³/mol. The van der Waals surface area contributed by atoms with Crippen molar-refractivity contribution in [1.29, 1.82) is 0 Å². The molecule has 3 atom stereocenters. The first-order chi connectivity index (χ1) is 7.50. The Morgan fingerprint density at radius 1 is 1.69 bits per heavy atom. The lowest BCUT2D eigenvalue weighted by Gasteiger charge is -2.14. The quantitative estimate of drug-likeness (QED) is 0.680. The number of amides is 1. The van der Waals surface area contributed by atoms with Crippen LogP contribution < -0.4 is 5.32 Å². The Bertz CT molecular complexity index is 342. The summed E-state index contributed by atoms with van der Waals surface area (Å²) in [6.07, 6.45) is 3.63. The van der Waals surface area contributed by atoms with Crippen molar-refractivity contribution in [3.05, 3.63) is 12.2 Å². The fourth-order valence-electron chi connectivity index (χ4n) is 1.19. The van der Waals surface area contributed by atoms with Crippen LogP contribution in [0.15, 0.2) is 12.2 Å². The topological polar surface area (TPSA) is 83.5 Å². The minimum atomic E-state index is -1.07. The second-order valence-corrected chi connectivity index (χ2v) is 6.34. The second-order valence-electron chi connectivity index (χ2n) is 3.27. The van der Waals surface area contributed by atoms with E-state index in [1.165, 1.54) is 18.7 Å². The Labute approximate surface area is 100 Å². The van der Waals surface area contributed by atoms with E-state index in [2.05, 4.69) is 5.32 Å². The van der Waals surface area contributed by atoms with Crippen molar-refractivity contribution in [2.75, 3.05) is 11.5 Å². The molecular formula is C9H13NO4S2. The van der Waals surface area contributed by atoms with E-state index < -0.39 is 22.8 Å². The third-order valence-corrected chi connectivity index (χ3v) is 5.18. The fourth-order valence-corrected chi connectivity index (χ4v) is 3.87. The molecule has 5 nitrogen and oxygen atoms in total. The summed E-state index contributed by atoms with van der Waals surface area (Å²) in [5, 5.41) is 11.2. The zero-order chi connectivity index (χ0) is 12.1. The van der Waals surface area contributed by atoms with Crippen molar-refractivity contribution in [2.24, 2.45) is 0 Å². The largest absolute Gasteiger partial charge is 0.480 e. The number of carboxylic acid groups (broad SMARTS) is 1. The Hall–Kier alpha value is -0.820. The van der Waals surface area contributed by atoms with Crippen LogP contribution in [0.3, 0.4) is 0 Å². The van der Waals surface area contributed by atoms with Gasteiger partial charge in [-0.1, -0.05) is 12.2 Å². The number of aliphatic carboxylic acids is 1. The molecule has 0 spiro atoms. The maximum atomic E-state index is 11.4. The summed E-state index contributed by atoms with van der Waals surface area (Å²) in [5.41, 5.74) is 0. The van der Waals surface area contributed by atoms with E-state index >= 15 is 0 Å². The fraction of sp³-hybridized carbons (Fsp3) is 0.556. The first-order valence-electron chi connectivity index (χ1n) is 4.66. The maximum absolute atomic E-state index is 11.4. The molecule has 1 amide bonds. The van der Waals surface area contributed by atoms with E-state index in [0.29, 0.717) is 5.75 Å². The number of hydrogen-bond donors (Lipinski definition) is 2. The van der Waals surface area contributed by atoms with E-state index in [1.54, 1.807) is 0 Å². The van der Waals surface area contributed by atoms with Gasteiger partial charge in [-0.15, -0.1) is 11.8 Å². The molecule has 2 N–H and O–H groups in total. The number of hydrogen-bond acceptors (Lipinski definition) is 4. The number of rotatable bonds is 5. The predicted octanol–water partition coefficient (Wildman–Crippen LogP) is -0.0465. The standard InChI is InChI=1S/C9H13NO4S2/c1-6(11)10-7(9(12)13)5-15-8-3-2-4-16(8)14/h2-3,7-8H,4-5H2,1H3,(H,10,11)(H,12,13). The molecule has 0 aromatic rings. The molecule has 0 aliphatic carbocycles. The highest BCUT2D eigenvalue weighted by Gasteiger charge is 2.23. The summed E-state index contributed by atoms with van der Waals surface area (Å²) < 4.78 is 11.2. The monoisotopic (exact) mass is 263 g/mol. The Morgan fingerprint density at radius 3 is 2.81 bits per heavy atom. The lowest BCUT2D eigenvalue weighted by Crippen LogP contribution is -2.41. The molecular weight excluding hydrogens is 250 g/mol. The van der Waals surface area contributed by atoms with Gasteiger partial charge in [0, 0.05) is 29.2 Å². The average molecular weight is 263 g/mol. The third kappa shape index (κ3) is 3.97. The number of nitrogens with one attached hydrogen (secondary N) is 1. The average Bonchev–Trinajstić information content (AvgIpc) is 2.57. The maximum Gasteiger partial charge on any atom is 0.327 e. The minimum Gasteiger partial charge on any atom is -0.480 e. The molecule has 0 saturated carbocycles. The molecule has 0 bridgehead atoms. The second kappa shape index (κ2) is 6.05. The van der Waals surface area contributed by atoms with Gasteiger partial charge in [-0.2, -0.15) is 0 Å². The normalized spacial score (nSPS) is 25.3. The van der Waals surface area contributed by atoms with Crippen molar-refractivity contribution in [1.82, 2.24) is 5.32 Å². The van der Waals surface area contributed by atoms with E-state index in [-0.39, 0.29) is 16.2 Å². The summed E-state index contributed by atoms with van der Waals surface area (Å²) in [6, 6.07) is -0.923. The molecule has 1 aliphatic heterocycles. The van der Waals surface area contributed by atoms with Gasteiger partial charge in [-0.3, -0.25) is 9.00 Å². The SMILES string of the molecule is CC(=O)NC(CSC1C=CCS1=O)C(=O)O. The molecule has 7 heteroatoms. The van der Waals surface area contributed by atoms with Crippen LogP contribution in [-0.4, -0.2) is 43.3 Å². The molecule has 0 radical (unpaired) electrons. The van der Waals surface area contributed by atoms with Crippen LogP contribution in [0.25, 0.3) is 0 Å². The minimum absolute atomic E-state index is 0.157. The number of carboxylic acids is 1. The zero-order valence-electron chi connectivity index (χ0n) is 8.71. The lowest BCUT2D eigenvalue weighted by atomic mass is 10.3. The highest BCUT2D eigenvalue weighted by Crippen LogP contribution is 2.22. The molecule has 0 aromatic carbocycles. The molecule has 3 unspecified atom stereocenters. The summed E-state index contributed by atoms with van der Waals surface area (Å²) in [5.74, 6) is -0.711. The molecule has 1 aliphatic rings. The van der Waals surface area contributed by atoms with Crippen molar-refractivity contribution in [3.8, 4) is 0 Å². The molecule has 16 heavy (non-hydrogen) atoms. The Balaban J connectivity index is 2.43. The van der Waals surface area contributed by atoms with Crippen LogP contribution >= 0.6 is 11.8 Å². The van der Waals surface area contributed by atoms with E-state index in [1.807, 2.05) is 12.2 Å². The van der Waals surface area contributed by atoms with Crippen LogP contribution in [0, 0.1) is 0 Å². The lowest BCUT2D eigenvalue weighted by molar-refractivity contribution is -0.140. The van der Waals surface area contributed by atoms with Gasteiger partial charge < -0.3 is 10.4 Å². The Morgan fingerprint density at radius 2 is 2.38 bits per heavy atom. The first kappa shape index (κ1) is 13.2. The smallest absolute Gasteiger partial charge is 0.327 e. The summed E-state index contributed by atoms with van der Waals surface area (Å²) in [6.45, 7) is 1.27. The van der Waals surface area contributed by atoms with Gasteiger partial charge in [0.1, 0.15) is 6.04 Å². The molecule has 90 valence electrons. The Kier molecular flexibility index (Phi) is 5.01. The van der Waals surface area contributed by atoms with Gasteiger partial charge in [0.25, 0.3) is 0 Å². The number of carbonyl (C=O) groups excluding carboxylic acids is 1. The molecule has 1 heterocycles. The van der Waals surface area contributed by atoms with E-state index in [0.717, 1.165) is 0 Å². The van der Waals surface area contributed by atoms with Crippen LogP contribution in [0.5, 0.6) is 0 Å². The van der Waals surface area contributed by atoms with Crippen LogP contribution in [-0.2, 0) is 20.4 Å². The summed E-state index contributed by atoms with van der Waals surface area (Å²) in [7, 11) is -0.957. The van der Waals surface area contributed by atoms with Crippen LogP contribution in [0.1, 0.15) is 6.92 Å². The molecule has 0 saturated heterocycles. The molecule has 0 aromatic heterocycles. The van der Waals surface area contributed by atoms with Crippen LogP contribution in [0.4, 0.5) is 0 Å². The highest BCUT2D eigenvalue weighted by molar-refractivity contribution is 8.11. The van der Waals surface area contributed by atoms with Gasteiger partial charge in [-0.25, -0.2) is 4.79 Å². The first-order valence-corrected chi connectivity index (χ1v) is 7.09. The van der Waals surface area contributed by atoms with Gasteiger partial charge in [0.15, 0.2) is 0 Å². The van der Waals surface area contributed by atoms with Gasteiger partial charge in [-0.05, 0) is 0 Å². The summed E-state index contributed by atoms with van der Waals surface area (Å²) >= 11 is 1.29. The van der Waals surface area contributed by atoms with E-state index in [9.17, 15) is 13.8 Å². The summed E-state index contributed by atoms with van der Waals surface area (Å²) in [4.78, 5) is 21.6. The van der Waals surface area contributed by atoms with Gasteiger partial charge in [0.05, 0.1) is 4.58 Å². The highest BCUT2D eigenvalue weighted by atomic mass is 32.2. The molecule has 0 fully saturated rings. The van der Waals surface area contributed by atoms with Crippen molar-refractivity contribution >= 4 is 34.4 Å². The number of thioether (sulfide) groups is 1. The van der Waals surface area contributed by atoms with Crippen molar-refractivity contribution in [2.45, 2.75) is 17.5 Å².